The number of carbonyl (C=O) groups is 2. The van der Waals surface area contributed by atoms with E-state index in [1.165, 1.54) is 7.11 Å². The van der Waals surface area contributed by atoms with Crippen LogP contribution in [0.3, 0.4) is 0 Å². The molecule has 1 N–H and O–H groups in total. The molecule has 0 spiro atoms. The zero-order valence-electron chi connectivity index (χ0n) is 15.4. The molecule has 0 unspecified atom stereocenters. The van der Waals surface area contributed by atoms with Gasteiger partial charge in [0, 0.05) is 0 Å². The minimum atomic E-state index is -0.616. The van der Waals surface area contributed by atoms with E-state index in [0.29, 0.717) is 17.2 Å². The number of hydrogen-bond donors (Lipinski definition) is 1. The molecule has 1 amide bonds. The van der Waals surface area contributed by atoms with Crippen LogP contribution < -0.4 is 14.8 Å². The molecule has 2 aromatic carbocycles. The van der Waals surface area contributed by atoms with Crippen molar-refractivity contribution in [2.24, 2.45) is 0 Å². The standard InChI is InChI=1S/C20H23NO5/c1-13-5-8-18(24-4)17(9-13)21-19(22)11-26-20(23)12-25-16-7-6-14(2)15(3)10-16/h5-10H,11-12H2,1-4H3,(H,21,22). The van der Waals surface area contributed by atoms with Gasteiger partial charge >= 0.3 is 5.97 Å². The Kier molecular flexibility index (Phi) is 6.60. The zero-order valence-corrected chi connectivity index (χ0v) is 15.4. The van der Waals surface area contributed by atoms with Gasteiger partial charge in [-0.25, -0.2) is 4.79 Å². The second-order valence-corrected chi connectivity index (χ2v) is 5.95. The van der Waals surface area contributed by atoms with Crippen LogP contribution in [0.15, 0.2) is 36.4 Å². The lowest BCUT2D eigenvalue weighted by atomic mass is 10.1. The summed E-state index contributed by atoms with van der Waals surface area (Å²) in [6, 6.07) is 11.0. The van der Waals surface area contributed by atoms with E-state index in [9.17, 15) is 9.59 Å². The maximum absolute atomic E-state index is 12.0. The Balaban J connectivity index is 1.80. The van der Waals surface area contributed by atoms with Crippen molar-refractivity contribution in [1.82, 2.24) is 0 Å². The van der Waals surface area contributed by atoms with Crippen molar-refractivity contribution >= 4 is 17.6 Å². The second-order valence-electron chi connectivity index (χ2n) is 5.95. The number of amides is 1. The number of carbonyl (C=O) groups excluding carboxylic acids is 2. The van der Waals surface area contributed by atoms with Crippen LogP contribution in [0.2, 0.25) is 0 Å². The van der Waals surface area contributed by atoms with E-state index in [1.807, 2.05) is 39.0 Å². The van der Waals surface area contributed by atoms with Gasteiger partial charge in [-0.2, -0.15) is 0 Å². The van der Waals surface area contributed by atoms with Gasteiger partial charge < -0.3 is 19.5 Å². The van der Waals surface area contributed by atoms with Gasteiger partial charge in [-0.15, -0.1) is 0 Å². The van der Waals surface area contributed by atoms with E-state index in [4.69, 9.17) is 14.2 Å². The second kappa shape index (κ2) is 8.89. The van der Waals surface area contributed by atoms with Crippen molar-refractivity contribution in [3.05, 3.63) is 53.1 Å². The third-order valence-electron chi connectivity index (χ3n) is 3.83. The summed E-state index contributed by atoms with van der Waals surface area (Å²) in [5.41, 5.74) is 3.71. The minimum Gasteiger partial charge on any atom is -0.495 e. The molecule has 0 saturated heterocycles. The number of methoxy groups -OCH3 is 1. The molecule has 0 atom stereocenters. The molecule has 0 saturated carbocycles. The first-order valence-corrected chi connectivity index (χ1v) is 8.19. The average molecular weight is 357 g/mol. The first-order chi connectivity index (χ1) is 12.4. The van der Waals surface area contributed by atoms with Gasteiger partial charge in [0.15, 0.2) is 13.2 Å². The van der Waals surface area contributed by atoms with E-state index in [1.54, 1.807) is 18.2 Å². The lowest BCUT2D eigenvalue weighted by Gasteiger charge is -2.11. The van der Waals surface area contributed by atoms with Crippen LogP contribution in [-0.2, 0) is 14.3 Å². The summed E-state index contributed by atoms with van der Waals surface area (Å²) in [6.07, 6.45) is 0. The third kappa shape index (κ3) is 5.51. The van der Waals surface area contributed by atoms with Crippen LogP contribution in [-0.4, -0.2) is 32.2 Å². The monoisotopic (exact) mass is 357 g/mol. The van der Waals surface area contributed by atoms with Crippen LogP contribution >= 0.6 is 0 Å². The SMILES string of the molecule is COc1ccc(C)cc1NC(=O)COC(=O)COc1ccc(C)c(C)c1. The van der Waals surface area contributed by atoms with Crippen LogP contribution in [0.25, 0.3) is 0 Å². The Morgan fingerprint density at radius 1 is 0.962 bits per heavy atom. The van der Waals surface area contributed by atoms with Crippen molar-refractivity contribution in [1.29, 1.82) is 0 Å². The summed E-state index contributed by atoms with van der Waals surface area (Å²) in [4.78, 5) is 23.7. The Morgan fingerprint density at radius 3 is 2.42 bits per heavy atom. The van der Waals surface area contributed by atoms with Gasteiger partial charge in [-0.3, -0.25) is 4.79 Å². The minimum absolute atomic E-state index is 0.260. The number of rotatable bonds is 7. The lowest BCUT2D eigenvalue weighted by molar-refractivity contribution is -0.149. The Hall–Kier alpha value is -3.02. The number of nitrogens with one attached hydrogen (secondary N) is 1. The molecule has 0 aliphatic carbocycles. The highest BCUT2D eigenvalue weighted by Gasteiger charge is 2.11. The van der Waals surface area contributed by atoms with Crippen LogP contribution in [0.4, 0.5) is 5.69 Å². The zero-order chi connectivity index (χ0) is 19.1. The molecule has 26 heavy (non-hydrogen) atoms. The number of aryl methyl sites for hydroxylation is 3. The molecular weight excluding hydrogens is 334 g/mol. The molecule has 0 aliphatic heterocycles. The van der Waals surface area contributed by atoms with E-state index in [-0.39, 0.29) is 6.61 Å². The maximum Gasteiger partial charge on any atom is 0.344 e. The van der Waals surface area contributed by atoms with E-state index < -0.39 is 18.5 Å². The van der Waals surface area contributed by atoms with Crippen LogP contribution in [0.1, 0.15) is 16.7 Å². The Morgan fingerprint density at radius 2 is 1.73 bits per heavy atom. The predicted octanol–water partition coefficient (Wildman–Crippen LogP) is 3.18. The fourth-order valence-corrected chi connectivity index (χ4v) is 2.24. The molecule has 0 aromatic heterocycles. The molecule has 0 aliphatic rings. The average Bonchev–Trinajstić information content (AvgIpc) is 2.61. The summed E-state index contributed by atoms with van der Waals surface area (Å²) in [6.45, 7) is 5.20. The molecule has 6 heteroatoms. The number of benzene rings is 2. The molecule has 6 nitrogen and oxygen atoms in total. The van der Waals surface area contributed by atoms with E-state index in [0.717, 1.165) is 16.7 Å². The molecular formula is C20H23NO5. The molecule has 0 radical (unpaired) electrons. The van der Waals surface area contributed by atoms with Crippen LogP contribution in [0, 0.1) is 20.8 Å². The van der Waals surface area contributed by atoms with Crippen LogP contribution in [0.5, 0.6) is 11.5 Å². The van der Waals surface area contributed by atoms with Crippen molar-refractivity contribution in [3.8, 4) is 11.5 Å². The molecule has 2 aromatic rings. The van der Waals surface area contributed by atoms with E-state index >= 15 is 0 Å². The highest BCUT2D eigenvalue weighted by Crippen LogP contribution is 2.25. The van der Waals surface area contributed by atoms with Crippen molar-refractivity contribution in [3.63, 3.8) is 0 Å². The molecule has 0 fully saturated rings. The van der Waals surface area contributed by atoms with E-state index in [2.05, 4.69) is 5.32 Å². The van der Waals surface area contributed by atoms with Gasteiger partial charge in [0.25, 0.3) is 5.91 Å². The van der Waals surface area contributed by atoms with Gasteiger partial charge in [0.2, 0.25) is 0 Å². The number of anilines is 1. The van der Waals surface area contributed by atoms with Crippen molar-refractivity contribution in [2.45, 2.75) is 20.8 Å². The third-order valence-corrected chi connectivity index (χ3v) is 3.83. The molecule has 0 heterocycles. The van der Waals surface area contributed by atoms with Gasteiger partial charge in [-0.05, 0) is 61.7 Å². The fraction of sp³-hybridized carbons (Fsp3) is 0.300. The highest BCUT2D eigenvalue weighted by molar-refractivity contribution is 5.94. The quantitative estimate of drug-likeness (QED) is 0.771. The fourth-order valence-electron chi connectivity index (χ4n) is 2.24. The first-order valence-electron chi connectivity index (χ1n) is 8.19. The summed E-state index contributed by atoms with van der Waals surface area (Å²) < 4.78 is 15.5. The number of ether oxygens (including phenoxy) is 3. The predicted molar refractivity (Wildman–Crippen MR) is 98.7 cm³/mol. The summed E-state index contributed by atoms with van der Waals surface area (Å²) in [5, 5.41) is 2.66. The lowest BCUT2D eigenvalue weighted by Crippen LogP contribution is -2.24. The van der Waals surface area contributed by atoms with Gasteiger partial charge in [0.1, 0.15) is 11.5 Å². The summed E-state index contributed by atoms with van der Waals surface area (Å²) in [5.74, 6) is 0.0513. The first kappa shape index (κ1) is 19.3. The highest BCUT2D eigenvalue weighted by atomic mass is 16.6. The maximum atomic E-state index is 12.0. The topological polar surface area (TPSA) is 73.9 Å². The molecule has 2 rings (SSSR count). The number of hydrogen-bond acceptors (Lipinski definition) is 5. The summed E-state index contributed by atoms with van der Waals surface area (Å²) in [7, 11) is 1.52. The molecule has 138 valence electrons. The number of esters is 1. The van der Waals surface area contributed by atoms with Crippen molar-refractivity contribution < 1.29 is 23.8 Å². The van der Waals surface area contributed by atoms with Crippen molar-refractivity contribution in [2.75, 3.05) is 25.6 Å². The Labute approximate surface area is 153 Å². The Bertz CT molecular complexity index is 801. The largest absolute Gasteiger partial charge is 0.495 e. The normalized spacial score (nSPS) is 10.2. The van der Waals surface area contributed by atoms with Gasteiger partial charge in [-0.1, -0.05) is 12.1 Å². The molecule has 0 bridgehead atoms. The summed E-state index contributed by atoms with van der Waals surface area (Å²) >= 11 is 0. The van der Waals surface area contributed by atoms with Gasteiger partial charge in [0.05, 0.1) is 12.8 Å². The smallest absolute Gasteiger partial charge is 0.344 e.